The zero-order chi connectivity index (χ0) is 24.8. The maximum atomic E-state index is 14.0. The number of carbonyl (C=O) groups is 2. The molecular formula is C25H20Cl2F2N2O3. The van der Waals surface area contributed by atoms with Gasteiger partial charge in [-0.05, 0) is 67.9 Å². The molecule has 5 nitrogen and oxygen atoms in total. The molecule has 0 spiro atoms. The first-order valence-corrected chi connectivity index (χ1v) is 11.1. The van der Waals surface area contributed by atoms with Gasteiger partial charge in [0.2, 0.25) is 0 Å². The van der Waals surface area contributed by atoms with Crippen LogP contribution in [0.15, 0.2) is 48.5 Å². The van der Waals surface area contributed by atoms with Gasteiger partial charge < -0.3 is 15.7 Å². The third-order valence-corrected chi connectivity index (χ3v) is 5.89. The number of benzene rings is 3. The smallest absolute Gasteiger partial charge is 0.255 e. The van der Waals surface area contributed by atoms with Gasteiger partial charge in [0.15, 0.2) is 0 Å². The number of rotatable bonds is 5. The van der Waals surface area contributed by atoms with Gasteiger partial charge in [0.25, 0.3) is 11.8 Å². The molecule has 1 aliphatic heterocycles. The lowest BCUT2D eigenvalue weighted by molar-refractivity contribution is 0.0808. The molecule has 0 radical (unpaired) electrons. The summed E-state index contributed by atoms with van der Waals surface area (Å²) in [5.74, 6) is -2.32. The minimum absolute atomic E-state index is 0.0238. The predicted octanol–water partition coefficient (Wildman–Crippen LogP) is 5.67. The Morgan fingerprint density at radius 2 is 1.82 bits per heavy atom. The van der Waals surface area contributed by atoms with Gasteiger partial charge in [0, 0.05) is 44.4 Å². The molecule has 0 bridgehead atoms. The highest BCUT2D eigenvalue weighted by Crippen LogP contribution is 2.40. The molecule has 0 fully saturated rings. The van der Waals surface area contributed by atoms with Crippen LogP contribution < -0.4 is 10.6 Å². The van der Waals surface area contributed by atoms with Crippen molar-refractivity contribution in [2.75, 3.05) is 5.32 Å². The average molecular weight is 505 g/mol. The van der Waals surface area contributed by atoms with Crippen molar-refractivity contribution in [1.82, 2.24) is 5.32 Å². The fourth-order valence-electron chi connectivity index (χ4n) is 4.05. The molecule has 0 saturated heterocycles. The number of fused-ring (bicyclic) bond motifs is 1. The van der Waals surface area contributed by atoms with E-state index < -0.39 is 35.1 Å². The van der Waals surface area contributed by atoms with E-state index in [9.17, 15) is 23.5 Å². The summed E-state index contributed by atoms with van der Waals surface area (Å²) in [6.45, 7) is 3.23. The SMILES string of the molecule is CC(C)(O)Cc1cc(NC(=O)c2cc(F)cc(Cl)c2)c2c(c1)C(=O)NC2c1cc(F)ccc1Cl. The zero-order valence-corrected chi connectivity index (χ0v) is 19.7. The molecule has 3 N–H and O–H groups in total. The Morgan fingerprint density at radius 3 is 2.50 bits per heavy atom. The summed E-state index contributed by atoms with van der Waals surface area (Å²) < 4.78 is 27.8. The Morgan fingerprint density at radius 1 is 1.09 bits per heavy atom. The van der Waals surface area contributed by atoms with Crippen molar-refractivity contribution >= 4 is 40.7 Å². The summed E-state index contributed by atoms with van der Waals surface area (Å²) in [5, 5.41) is 16.1. The molecule has 176 valence electrons. The summed E-state index contributed by atoms with van der Waals surface area (Å²) in [5.41, 5.74) is 0.655. The van der Waals surface area contributed by atoms with E-state index >= 15 is 0 Å². The van der Waals surface area contributed by atoms with Gasteiger partial charge in [-0.1, -0.05) is 23.2 Å². The number of halogens is 4. The standard InChI is InChI=1S/C25H20Cl2F2N2O3/c1-25(2,34)11-12-5-18-21(22(31-24(18)33)17-10-15(28)3-4-19(17)27)20(6-12)30-23(32)13-7-14(26)9-16(29)8-13/h3-10,22,34H,11H2,1-2H3,(H,30,32)(H,31,33). The average Bonchev–Trinajstić information content (AvgIpc) is 3.04. The molecule has 1 atom stereocenters. The van der Waals surface area contributed by atoms with Gasteiger partial charge in [-0.25, -0.2) is 8.78 Å². The molecule has 3 aromatic carbocycles. The van der Waals surface area contributed by atoms with E-state index in [-0.39, 0.29) is 33.3 Å². The van der Waals surface area contributed by atoms with Crippen molar-refractivity contribution in [3.8, 4) is 0 Å². The topological polar surface area (TPSA) is 78.4 Å². The van der Waals surface area contributed by atoms with Crippen molar-refractivity contribution in [3.05, 3.63) is 98.0 Å². The summed E-state index contributed by atoms with van der Waals surface area (Å²) >= 11 is 12.2. The van der Waals surface area contributed by atoms with E-state index in [4.69, 9.17) is 23.2 Å². The van der Waals surface area contributed by atoms with Crippen LogP contribution in [0.4, 0.5) is 14.5 Å². The van der Waals surface area contributed by atoms with Crippen LogP contribution in [0.25, 0.3) is 0 Å². The van der Waals surface area contributed by atoms with Crippen LogP contribution in [0.1, 0.15) is 57.3 Å². The van der Waals surface area contributed by atoms with Crippen LogP contribution in [0, 0.1) is 11.6 Å². The third-order valence-electron chi connectivity index (χ3n) is 5.33. The molecule has 0 aliphatic carbocycles. The summed E-state index contributed by atoms with van der Waals surface area (Å²) in [7, 11) is 0. The number of hydrogen-bond acceptors (Lipinski definition) is 3. The first kappa shape index (κ1) is 24.1. The van der Waals surface area contributed by atoms with Crippen molar-refractivity contribution < 1.29 is 23.5 Å². The van der Waals surface area contributed by atoms with Gasteiger partial charge in [0.1, 0.15) is 11.6 Å². The number of nitrogens with one attached hydrogen (secondary N) is 2. The molecule has 1 unspecified atom stereocenters. The largest absolute Gasteiger partial charge is 0.390 e. The molecule has 34 heavy (non-hydrogen) atoms. The number of aliphatic hydroxyl groups is 1. The molecule has 0 saturated carbocycles. The molecule has 2 amide bonds. The van der Waals surface area contributed by atoms with Crippen LogP contribution in [0.2, 0.25) is 10.0 Å². The molecule has 3 aromatic rings. The highest BCUT2D eigenvalue weighted by molar-refractivity contribution is 6.31. The van der Waals surface area contributed by atoms with E-state index in [0.717, 1.165) is 12.1 Å². The van der Waals surface area contributed by atoms with E-state index in [0.29, 0.717) is 16.7 Å². The number of hydrogen-bond donors (Lipinski definition) is 3. The third kappa shape index (κ3) is 5.06. The van der Waals surface area contributed by atoms with Gasteiger partial charge in [-0.15, -0.1) is 0 Å². The van der Waals surface area contributed by atoms with E-state index in [1.165, 1.54) is 24.3 Å². The number of carbonyl (C=O) groups excluding carboxylic acids is 2. The quantitative estimate of drug-likeness (QED) is 0.418. The van der Waals surface area contributed by atoms with E-state index in [1.807, 2.05) is 0 Å². The number of anilines is 1. The fraction of sp³-hybridized carbons (Fsp3) is 0.200. The first-order chi connectivity index (χ1) is 15.9. The minimum Gasteiger partial charge on any atom is -0.390 e. The zero-order valence-electron chi connectivity index (χ0n) is 18.2. The summed E-state index contributed by atoms with van der Waals surface area (Å²) in [6, 6.07) is 9.61. The summed E-state index contributed by atoms with van der Waals surface area (Å²) in [6.07, 6.45) is 0.188. The second kappa shape index (κ2) is 8.98. The van der Waals surface area contributed by atoms with Crippen molar-refractivity contribution in [1.29, 1.82) is 0 Å². The minimum atomic E-state index is -1.09. The van der Waals surface area contributed by atoms with Crippen LogP contribution >= 0.6 is 23.2 Å². The Hall–Kier alpha value is -3.00. The van der Waals surface area contributed by atoms with Crippen molar-refractivity contribution in [2.24, 2.45) is 0 Å². The molecule has 4 rings (SSSR count). The van der Waals surface area contributed by atoms with Gasteiger partial charge in [0.05, 0.1) is 11.6 Å². The second-order valence-corrected chi connectivity index (χ2v) is 9.62. The van der Waals surface area contributed by atoms with E-state index in [2.05, 4.69) is 10.6 Å². The lowest BCUT2D eigenvalue weighted by atomic mass is 9.91. The molecular weight excluding hydrogens is 485 g/mol. The van der Waals surface area contributed by atoms with Crippen LogP contribution in [-0.2, 0) is 6.42 Å². The molecule has 1 aliphatic rings. The van der Waals surface area contributed by atoms with Gasteiger partial charge in [-0.2, -0.15) is 0 Å². The lowest BCUT2D eigenvalue weighted by Gasteiger charge is -2.21. The highest BCUT2D eigenvalue weighted by atomic mass is 35.5. The van der Waals surface area contributed by atoms with Crippen molar-refractivity contribution in [3.63, 3.8) is 0 Å². The first-order valence-electron chi connectivity index (χ1n) is 10.3. The normalized spacial score (nSPS) is 15.1. The molecule has 1 heterocycles. The highest BCUT2D eigenvalue weighted by Gasteiger charge is 2.35. The van der Waals surface area contributed by atoms with E-state index in [1.54, 1.807) is 26.0 Å². The Balaban J connectivity index is 1.85. The monoisotopic (exact) mass is 504 g/mol. The van der Waals surface area contributed by atoms with Crippen LogP contribution in [-0.4, -0.2) is 22.5 Å². The molecule has 9 heteroatoms. The summed E-state index contributed by atoms with van der Waals surface area (Å²) in [4.78, 5) is 25.9. The maximum Gasteiger partial charge on any atom is 0.255 e. The lowest BCUT2D eigenvalue weighted by Crippen LogP contribution is -2.22. The van der Waals surface area contributed by atoms with Crippen molar-refractivity contribution in [2.45, 2.75) is 31.9 Å². The Labute approximate surface area is 204 Å². The Kier molecular flexibility index (Phi) is 6.38. The maximum absolute atomic E-state index is 14.0. The van der Waals surface area contributed by atoms with Gasteiger partial charge in [-0.3, -0.25) is 9.59 Å². The van der Waals surface area contributed by atoms with Crippen LogP contribution in [0.3, 0.4) is 0 Å². The van der Waals surface area contributed by atoms with Crippen LogP contribution in [0.5, 0.6) is 0 Å². The molecule has 0 aromatic heterocycles. The Bertz CT molecular complexity index is 1300. The fourth-order valence-corrected chi connectivity index (χ4v) is 4.49. The number of amides is 2. The second-order valence-electron chi connectivity index (χ2n) is 8.78. The van der Waals surface area contributed by atoms with Gasteiger partial charge >= 0.3 is 0 Å². The predicted molar refractivity (Wildman–Crippen MR) is 127 cm³/mol.